The van der Waals surface area contributed by atoms with Gasteiger partial charge in [0.25, 0.3) is 0 Å². The number of benzene rings is 2. The summed E-state index contributed by atoms with van der Waals surface area (Å²) in [5.41, 5.74) is 6.81. The number of unbranched alkanes of at least 4 members (excludes halogenated alkanes) is 1. The van der Waals surface area contributed by atoms with Gasteiger partial charge in [-0.3, -0.25) is 9.80 Å². The molecule has 0 unspecified atom stereocenters. The van der Waals surface area contributed by atoms with E-state index in [-0.39, 0.29) is 0 Å². The number of ether oxygens (including phenoxy) is 2. The molecular formula is C24H27ClN4O3S. The minimum absolute atomic E-state index is 0.293. The highest BCUT2D eigenvalue weighted by molar-refractivity contribution is 7.23. The summed E-state index contributed by atoms with van der Waals surface area (Å²) < 4.78 is 12.2. The number of nitrogens with zero attached hydrogens (tertiary/aromatic N) is 3. The lowest BCUT2D eigenvalue weighted by atomic mass is 10.2. The number of carbonyl (C=O) groups is 1. The summed E-state index contributed by atoms with van der Waals surface area (Å²) in [5, 5.41) is 2.30. The van der Waals surface area contributed by atoms with E-state index in [2.05, 4.69) is 15.9 Å². The second-order valence-electron chi connectivity index (χ2n) is 8.25. The number of amides is 2. The molecule has 3 aromatic rings. The molecular weight excluding hydrogens is 460 g/mol. The van der Waals surface area contributed by atoms with E-state index >= 15 is 0 Å². The van der Waals surface area contributed by atoms with Gasteiger partial charge in [0.1, 0.15) is 5.00 Å². The van der Waals surface area contributed by atoms with E-state index < -0.39 is 6.03 Å². The zero-order chi connectivity index (χ0) is 22.8. The molecule has 0 spiro atoms. The molecule has 0 bridgehead atoms. The molecule has 3 heterocycles. The first-order valence-electron chi connectivity index (χ1n) is 11.2. The van der Waals surface area contributed by atoms with Crippen molar-refractivity contribution in [2.45, 2.75) is 12.8 Å². The summed E-state index contributed by atoms with van der Waals surface area (Å²) in [6.07, 6.45) is 1.86. The molecule has 0 radical (unpaired) electrons. The zero-order valence-corrected chi connectivity index (χ0v) is 19.9. The Balaban J connectivity index is 1.12. The number of anilines is 2. The van der Waals surface area contributed by atoms with Crippen molar-refractivity contribution in [1.82, 2.24) is 4.90 Å². The van der Waals surface area contributed by atoms with Crippen molar-refractivity contribution in [1.29, 1.82) is 0 Å². The Kier molecular flexibility index (Phi) is 6.48. The fourth-order valence-corrected chi connectivity index (χ4v) is 6.03. The van der Waals surface area contributed by atoms with Crippen molar-refractivity contribution in [2.75, 3.05) is 55.9 Å². The molecule has 1 fully saturated rings. The molecule has 33 heavy (non-hydrogen) atoms. The highest BCUT2D eigenvalue weighted by Gasteiger charge is 2.25. The zero-order valence-electron chi connectivity index (χ0n) is 18.3. The van der Waals surface area contributed by atoms with Crippen LogP contribution in [-0.2, 0) is 0 Å². The van der Waals surface area contributed by atoms with Crippen LogP contribution in [0.4, 0.5) is 15.5 Å². The van der Waals surface area contributed by atoms with Gasteiger partial charge in [0.15, 0.2) is 11.5 Å². The van der Waals surface area contributed by atoms with Gasteiger partial charge in [-0.25, -0.2) is 4.79 Å². The fourth-order valence-electron chi connectivity index (χ4n) is 4.47. The number of hydrogen-bond acceptors (Lipinski definition) is 6. The summed E-state index contributed by atoms with van der Waals surface area (Å²) in [6, 6.07) is 13.5. The van der Waals surface area contributed by atoms with E-state index in [1.54, 1.807) is 4.90 Å². The maximum Gasteiger partial charge on any atom is 0.319 e. The number of para-hydroxylation sites is 1. The molecule has 2 N–H and O–H groups in total. The lowest BCUT2D eigenvalue weighted by Gasteiger charge is -2.36. The molecule has 1 saturated heterocycles. The molecule has 2 aliphatic heterocycles. The Bertz CT molecular complexity index is 1150. The predicted molar refractivity (Wildman–Crippen MR) is 134 cm³/mol. The Labute approximate surface area is 202 Å². The number of thiophene rings is 1. The summed E-state index contributed by atoms with van der Waals surface area (Å²) in [6.45, 7) is 5.73. The molecule has 0 atom stereocenters. The van der Waals surface area contributed by atoms with Crippen LogP contribution in [0, 0.1) is 0 Å². The second-order valence-corrected chi connectivity index (χ2v) is 9.66. The van der Waals surface area contributed by atoms with Crippen LogP contribution in [0.3, 0.4) is 0 Å². The molecule has 174 valence electrons. The largest absolute Gasteiger partial charge is 0.454 e. The number of primary amides is 1. The molecule has 0 saturated carbocycles. The highest BCUT2D eigenvalue weighted by atomic mass is 35.5. The minimum Gasteiger partial charge on any atom is -0.454 e. The van der Waals surface area contributed by atoms with Gasteiger partial charge in [0.05, 0.1) is 10.7 Å². The van der Waals surface area contributed by atoms with Crippen LogP contribution in [0.1, 0.15) is 12.8 Å². The van der Waals surface area contributed by atoms with Gasteiger partial charge in [0.2, 0.25) is 6.79 Å². The molecule has 0 aliphatic carbocycles. The number of hydrogen-bond donors (Lipinski definition) is 1. The maximum absolute atomic E-state index is 12.1. The number of rotatable bonds is 7. The smallest absolute Gasteiger partial charge is 0.319 e. The average molecular weight is 487 g/mol. The summed E-state index contributed by atoms with van der Waals surface area (Å²) in [7, 11) is 0. The number of fused-ring (bicyclic) bond motifs is 2. The summed E-state index contributed by atoms with van der Waals surface area (Å²) in [5.74, 6) is 1.69. The van der Waals surface area contributed by atoms with Gasteiger partial charge in [-0.05, 0) is 37.6 Å². The van der Waals surface area contributed by atoms with Crippen molar-refractivity contribution in [3.05, 3.63) is 47.5 Å². The van der Waals surface area contributed by atoms with Crippen molar-refractivity contribution in [2.24, 2.45) is 5.73 Å². The Morgan fingerprint density at radius 2 is 1.88 bits per heavy atom. The predicted octanol–water partition coefficient (Wildman–Crippen LogP) is 4.77. The number of piperazine rings is 1. The molecule has 2 amide bonds. The first-order chi connectivity index (χ1) is 16.1. The Hall–Kier alpha value is -2.68. The van der Waals surface area contributed by atoms with E-state index in [9.17, 15) is 4.79 Å². The Morgan fingerprint density at radius 1 is 1.06 bits per heavy atom. The van der Waals surface area contributed by atoms with Gasteiger partial charge in [-0.15, -0.1) is 11.3 Å². The van der Waals surface area contributed by atoms with E-state index in [0.717, 1.165) is 77.8 Å². The van der Waals surface area contributed by atoms with Crippen molar-refractivity contribution < 1.29 is 14.3 Å². The first kappa shape index (κ1) is 22.1. The monoisotopic (exact) mass is 486 g/mol. The molecule has 2 aliphatic rings. The molecule has 9 heteroatoms. The topological polar surface area (TPSA) is 71.3 Å². The van der Waals surface area contributed by atoms with E-state index in [1.807, 2.05) is 36.4 Å². The van der Waals surface area contributed by atoms with E-state index in [1.165, 1.54) is 11.3 Å². The van der Waals surface area contributed by atoms with Gasteiger partial charge in [0, 0.05) is 42.8 Å². The fraction of sp³-hybridized carbons (Fsp3) is 0.375. The molecule has 2 aromatic carbocycles. The Morgan fingerprint density at radius 3 is 2.67 bits per heavy atom. The van der Waals surface area contributed by atoms with Gasteiger partial charge < -0.3 is 20.1 Å². The molecule has 7 nitrogen and oxygen atoms in total. The maximum atomic E-state index is 12.1. The number of carbonyl (C=O) groups excluding carboxylic acids is 1. The lowest BCUT2D eigenvalue weighted by Crippen LogP contribution is -2.46. The van der Waals surface area contributed by atoms with Crippen LogP contribution < -0.4 is 25.0 Å². The quantitative estimate of drug-likeness (QED) is 0.487. The second kappa shape index (κ2) is 9.67. The third kappa shape index (κ3) is 4.55. The third-order valence-electron chi connectivity index (χ3n) is 6.22. The molecule has 5 rings (SSSR count). The molecule has 1 aromatic heterocycles. The average Bonchev–Trinajstić information content (AvgIpc) is 3.44. The normalized spacial score (nSPS) is 15.8. The minimum atomic E-state index is -0.460. The van der Waals surface area contributed by atoms with Crippen LogP contribution in [0.2, 0.25) is 5.02 Å². The van der Waals surface area contributed by atoms with Crippen molar-refractivity contribution in [3.8, 4) is 11.5 Å². The summed E-state index contributed by atoms with van der Waals surface area (Å²) >= 11 is 8.07. The lowest BCUT2D eigenvalue weighted by molar-refractivity contribution is 0.174. The van der Waals surface area contributed by atoms with Crippen LogP contribution >= 0.6 is 22.9 Å². The number of nitrogens with two attached hydrogens (primary N) is 1. The van der Waals surface area contributed by atoms with Gasteiger partial charge in [-0.2, -0.15) is 0 Å². The van der Waals surface area contributed by atoms with Crippen LogP contribution in [0.25, 0.3) is 10.1 Å². The SMILES string of the molecule is NC(=O)N(CCCCN1CCN(c2cccc3c2OCO3)CC1)c1sc2ccccc2c1Cl. The van der Waals surface area contributed by atoms with Crippen molar-refractivity contribution >= 4 is 49.7 Å². The van der Waals surface area contributed by atoms with E-state index in [4.69, 9.17) is 26.8 Å². The van der Waals surface area contributed by atoms with Crippen LogP contribution in [0.5, 0.6) is 11.5 Å². The van der Waals surface area contributed by atoms with Crippen LogP contribution in [0.15, 0.2) is 42.5 Å². The number of urea groups is 1. The van der Waals surface area contributed by atoms with Crippen LogP contribution in [-0.4, -0.2) is 57.0 Å². The highest BCUT2D eigenvalue weighted by Crippen LogP contribution is 2.42. The van der Waals surface area contributed by atoms with E-state index in [0.29, 0.717) is 18.4 Å². The first-order valence-corrected chi connectivity index (χ1v) is 12.4. The third-order valence-corrected chi connectivity index (χ3v) is 7.91. The summed E-state index contributed by atoms with van der Waals surface area (Å²) in [4.78, 5) is 18.6. The van der Waals surface area contributed by atoms with Crippen molar-refractivity contribution in [3.63, 3.8) is 0 Å². The standard InChI is InChI=1S/C24H27ClN4O3S/c25-21-17-6-1-2-9-20(17)33-23(21)29(24(26)30)11-4-3-10-27-12-14-28(15-13-27)18-7-5-8-19-22(18)32-16-31-19/h1-2,5-9H,3-4,10-16H2,(H2,26,30). The number of halogens is 1. The van der Waals surface area contributed by atoms with Gasteiger partial charge >= 0.3 is 6.03 Å². The van der Waals surface area contributed by atoms with Gasteiger partial charge in [-0.1, -0.05) is 35.9 Å².